The molecule has 0 saturated heterocycles. The van der Waals surface area contributed by atoms with Crippen molar-refractivity contribution in [2.45, 2.75) is 30.5 Å². The molecule has 2 aliphatic rings. The molecule has 1 spiro atoms. The van der Waals surface area contributed by atoms with Crippen LogP contribution in [0.1, 0.15) is 46.7 Å². The number of benzene rings is 4. The average Bonchev–Trinajstić information content (AvgIpc) is 3.70. The molecule has 0 amide bonds. The first-order valence-corrected chi connectivity index (χ1v) is 12.1. The van der Waals surface area contributed by atoms with E-state index in [4.69, 9.17) is 4.74 Å². The second-order valence-electron chi connectivity index (χ2n) is 9.75. The van der Waals surface area contributed by atoms with Gasteiger partial charge in [0.1, 0.15) is 5.75 Å². The predicted octanol–water partition coefficient (Wildman–Crippen LogP) is 8.00. The van der Waals surface area contributed by atoms with E-state index in [1.165, 1.54) is 12.1 Å². The lowest BCUT2D eigenvalue weighted by atomic mass is 9.54. The van der Waals surface area contributed by atoms with E-state index in [0.29, 0.717) is 5.69 Å². The van der Waals surface area contributed by atoms with Crippen molar-refractivity contribution >= 4 is 5.69 Å². The van der Waals surface area contributed by atoms with Crippen molar-refractivity contribution in [3.05, 3.63) is 131 Å². The molecule has 1 saturated carbocycles. The molecule has 1 fully saturated rings. The maximum atomic E-state index is 13.8. The van der Waals surface area contributed by atoms with Gasteiger partial charge in [-0.3, -0.25) is 0 Å². The van der Waals surface area contributed by atoms with Crippen LogP contribution in [0.5, 0.6) is 5.75 Å². The molecular weight excluding hydrogens is 459 g/mol. The number of nitrogens with one attached hydrogen (secondary N) is 1. The zero-order valence-corrected chi connectivity index (χ0v) is 19.8. The first-order valence-electron chi connectivity index (χ1n) is 12.1. The van der Waals surface area contributed by atoms with E-state index < -0.39 is 17.2 Å². The fourth-order valence-corrected chi connectivity index (χ4v) is 6.37. The highest BCUT2D eigenvalue weighted by atomic mass is 19.4. The van der Waals surface area contributed by atoms with Crippen LogP contribution in [0.3, 0.4) is 0 Å². The number of hydrogen-bond acceptors (Lipinski definition) is 2. The van der Waals surface area contributed by atoms with Crippen LogP contribution in [0, 0.1) is 5.41 Å². The van der Waals surface area contributed by atoms with Gasteiger partial charge in [0.05, 0.1) is 24.1 Å². The highest BCUT2D eigenvalue weighted by molar-refractivity contribution is 5.71. The van der Waals surface area contributed by atoms with E-state index in [1.54, 1.807) is 13.2 Å². The lowest BCUT2D eigenvalue weighted by Gasteiger charge is -2.52. The maximum Gasteiger partial charge on any atom is 0.416 e. The van der Waals surface area contributed by atoms with Crippen LogP contribution in [0.4, 0.5) is 18.9 Å². The Morgan fingerprint density at radius 1 is 0.778 bits per heavy atom. The summed E-state index contributed by atoms with van der Waals surface area (Å²) in [6, 6.07) is 32.4. The molecule has 1 N–H and O–H groups in total. The fourth-order valence-electron chi connectivity index (χ4n) is 6.37. The summed E-state index contributed by atoms with van der Waals surface area (Å²) in [5.41, 5.74) is 3.11. The van der Waals surface area contributed by atoms with Crippen LogP contribution in [-0.4, -0.2) is 7.11 Å². The topological polar surface area (TPSA) is 21.3 Å². The number of alkyl halides is 3. The molecule has 1 aliphatic carbocycles. The molecule has 182 valence electrons. The molecule has 1 heterocycles. The third-order valence-electron chi connectivity index (χ3n) is 8.00. The minimum absolute atomic E-state index is 0.181. The summed E-state index contributed by atoms with van der Waals surface area (Å²) in [6.45, 7) is 0. The number of ether oxygens (including phenoxy) is 1. The smallest absolute Gasteiger partial charge is 0.416 e. The van der Waals surface area contributed by atoms with E-state index in [0.717, 1.165) is 40.8 Å². The van der Waals surface area contributed by atoms with Crippen molar-refractivity contribution in [2.24, 2.45) is 5.41 Å². The van der Waals surface area contributed by atoms with Crippen molar-refractivity contribution in [1.82, 2.24) is 0 Å². The van der Waals surface area contributed by atoms with Gasteiger partial charge in [0.2, 0.25) is 0 Å². The molecule has 1 atom stereocenters. The molecule has 2 nitrogen and oxygen atoms in total. The Kier molecular flexibility index (Phi) is 5.15. The van der Waals surface area contributed by atoms with Crippen molar-refractivity contribution in [1.29, 1.82) is 0 Å². The van der Waals surface area contributed by atoms with Gasteiger partial charge in [-0.25, -0.2) is 0 Å². The van der Waals surface area contributed by atoms with Gasteiger partial charge in [0.15, 0.2) is 0 Å². The number of anilines is 1. The summed E-state index contributed by atoms with van der Waals surface area (Å²) in [4.78, 5) is 0. The maximum absolute atomic E-state index is 13.8. The van der Waals surface area contributed by atoms with E-state index >= 15 is 0 Å². The first-order chi connectivity index (χ1) is 17.4. The van der Waals surface area contributed by atoms with Gasteiger partial charge in [-0.1, -0.05) is 78.9 Å². The summed E-state index contributed by atoms with van der Waals surface area (Å²) in [5.74, 6) is 0.747. The van der Waals surface area contributed by atoms with Crippen LogP contribution >= 0.6 is 0 Å². The van der Waals surface area contributed by atoms with Crippen molar-refractivity contribution in [3.63, 3.8) is 0 Å². The minimum atomic E-state index is -4.43. The number of fused-ring (bicyclic) bond motifs is 1. The second-order valence-corrected chi connectivity index (χ2v) is 9.75. The number of hydrogen-bond donors (Lipinski definition) is 1. The highest BCUT2D eigenvalue weighted by Crippen LogP contribution is 2.73. The zero-order valence-electron chi connectivity index (χ0n) is 19.8. The van der Waals surface area contributed by atoms with Crippen LogP contribution < -0.4 is 10.1 Å². The summed E-state index contributed by atoms with van der Waals surface area (Å²) >= 11 is 0. The fraction of sp³-hybridized carbons (Fsp3) is 0.226. The Labute approximate surface area is 208 Å². The molecule has 0 bridgehead atoms. The third-order valence-corrected chi connectivity index (χ3v) is 8.00. The van der Waals surface area contributed by atoms with Crippen LogP contribution in [0.2, 0.25) is 0 Å². The Morgan fingerprint density at radius 3 is 1.86 bits per heavy atom. The van der Waals surface area contributed by atoms with Gasteiger partial charge in [-0.15, -0.1) is 0 Å². The highest BCUT2D eigenvalue weighted by Gasteiger charge is 2.68. The molecule has 36 heavy (non-hydrogen) atoms. The Morgan fingerprint density at radius 2 is 1.36 bits per heavy atom. The SMILES string of the molecule is COc1ccc(C2Nc3cc(C(F)(F)F)ccc3C(c3ccccc3)(c3ccccc3)C23CC3)cc1. The summed E-state index contributed by atoms with van der Waals surface area (Å²) in [6.07, 6.45) is -2.54. The molecule has 4 aromatic carbocycles. The van der Waals surface area contributed by atoms with Crippen LogP contribution in [0.25, 0.3) is 0 Å². The molecule has 4 aromatic rings. The van der Waals surface area contributed by atoms with Crippen LogP contribution in [-0.2, 0) is 11.6 Å². The molecule has 6 rings (SSSR count). The lowest BCUT2D eigenvalue weighted by Crippen LogP contribution is -2.48. The van der Waals surface area contributed by atoms with Gasteiger partial charge in [0, 0.05) is 11.1 Å². The molecule has 5 heteroatoms. The van der Waals surface area contributed by atoms with E-state index in [-0.39, 0.29) is 11.5 Å². The Bertz CT molecular complexity index is 1340. The normalized spacial score (nSPS) is 19.3. The summed E-state index contributed by atoms with van der Waals surface area (Å²) < 4.78 is 46.8. The molecular formula is C31H26F3NO. The van der Waals surface area contributed by atoms with E-state index in [1.807, 2.05) is 60.7 Å². The van der Waals surface area contributed by atoms with E-state index in [9.17, 15) is 13.2 Å². The summed E-state index contributed by atoms with van der Waals surface area (Å²) in [7, 11) is 1.63. The number of rotatable bonds is 4. The monoisotopic (exact) mass is 485 g/mol. The molecule has 0 aromatic heterocycles. The molecule has 1 unspecified atom stereocenters. The first kappa shape index (κ1) is 22.7. The molecule has 1 aliphatic heterocycles. The third kappa shape index (κ3) is 3.25. The van der Waals surface area contributed by atoms with Crippen molar-refractivity contribution in [2.75, 3.05) is 12.4 Å². The molecule has 0 radical (unpaired) electrons. The number of methoxy groups -OCH3 is 1. The van der Waals surface area contributed by atoms with Gasteiger partial charge >= 0.3 is 6.18 Å². The van der Waals surface area contributed by atoms with Gasteiger partial charge in [0.25, 0.3) is 0 Å². The quantitative estimate of drug-likeness (QED) is 0.316. The van der Waals surface area contributed by atoms with Gasteiger partial charge in [-0.05, 0) is 59.4 Å². The van der Waals surface area contributed by atoms with Crippen molar-refractivity contribution < 1.29 is 17.9 Å². The lowest BCUT2D eigenvalue weighted by molar-refractivity contribution is -0.137. The zero-order chi connectivity index (χ0) is 25.0. The Hall–Kier alpha value is -3.73. The number of halogens is 3. The summed E-state index contributed by atoms with van der Waals surface area (Å²) in [5, 5.41) is 3.57. The van der Waals surface area contributed by atoms with Gasteiger partial charge < -0.3 is 10.1 Å². The van der Waals surface area contributed by atoms with Crippen molar-refractivity contribution in [3.8, 4) is 5.75 Å². The average molecular weight is 486 g/mol. The largest absolute Gasteiger partial charge is 0.497 e. The van der Waals surface area contributed by atoms with Crippen LogP contribution in [0.15, 0.2) is 103 Å². The Balaban J connectivity index is 1.68. The standard InChI is InChI=1S/C31H26F3NO/c1-36-25-15-12-21(13-16-25)28-29(18-19-29)30(22-8-4-2-5-9-22,23-10-6-3-7-11-23)26-17-14-24(31(32,33)34)20-27(26)35-28/h2-17,20,28,35H,18-19H2,1H3. The van der Waals surface area contributed by atoms with E-state index in [2.05, 4.69) is 29.6 Å². The minimum Gasteiger partial charge on any atom is -0.497 e. The van der Waals surface area contributed by atoms with Gasteiger partial charge in [-0.2, -0.15) is 13.2 Å². The second kappa shape index (κ2) is 8.16. The predicted molar refractivity (Wildman–Crippen MR) is 135 cm³/mol.